The Kier molecular flexibility index (Phi) is 3.91. The van der Waals surface area contributed by atoms with Gasteiger partial charge in [0.05, 0.1) is 22.5 Å². The third kappa shape index (κ3) is 2.85. The van der Waals surface area contributed by atoms with E-state index in [2.05, 4.69) is 29.8 Å². The molecule has 0 saturated carbocycles. The van der Waals surface area contributed by atoms with Crippen molar-refractivity contribution in [3.05, 3.63) is 56.4 Å². The molecular weight excluding hydrogens is 324 g/mol. The van der Waals surface area contributed by atoms with Crippen LogP contribution in [0.2, 0.25) is 0 Å². The first-order chi connectivity index (χ1) is 11.7. The molecule has 1 N–H and O–H groups in total. The summed E-state index contributed by atoms with van der Waals surface area (Å²) in [6.45, 7) is 4.38. The van der Waals surface area contributed by atoms with E-state index in [1.54, 1.807) is 23.7 Å². The Morgan fingerprint density at radius 2 is 2.17 bits per heavy atom. The normalized spacial score (nSPS) is 14.5. The molecule has 0 atom stereocenters. The Morgan fingerprint density at radius 3 is 2.92 bits per heavy atom. The first kappa shape index (κ1) is 15.1. The van der Waals surface area contributed by atoms with Gasteiger partial charge in [-0.2, -0.15) is 0 Å². The molecule has 0 radical (unpaired) electrons. The predicted octanol–water partition coefficient (Wildman–Crippen LogP) is 1.55. The van der Waals surface area contributed by atoms with Crippen LogP contribution in [0.25, 0.3) is 11.4 Å². The number of nitrogens with zero attached hydrogens (tertiary/aromatic N) is 5. The third-order valence-electron chi connectivity index (χ3n) is 4.20. The number of aromatic nitrogens is 5. The van der Waals surface area contributed by atoms with E-state index in [1.807, 2.05) is 12.4 Å². The van der Waals surface area contributed by atoms with Crippen LogP contribution in [-0.2, 0) is 19.5 Å². The van der Waals surface area contributed by atoms with Gasteiger partial charge in [-0.3, -0.25) is 9.69 Å². The van der Waals surface area contributed by atoms with Gasteiger partial charge >= 0.3 is 0 Å². The number of H-pyrrole nitrogens is 1. The van der Waals surface area contributed by atoms with Crippen LogP contribution in [0.1, 0.15) is 21.8 Å². The molecule has 0 unspecified atom stereocenters. The first-order valence-corrected chi connectivity index (χ1v) is 8.57. The highest BCUT2D eigenvalue weighted by molar-refractivity contribution is 7.09. The molecule has 8 heteroatoms. The maximum atomic E-state index is 12.4. The summed E-state index contributed by atoms with van der Waals surface area (Å²) in [7, 11) is 0. The molecule has 1 aliphatic rings. The summed E-state index contributed by atoms with van der Waals surface area (Å²) in [5.41, 5.74) is 5.23. The molecule has 0 bridgehead atoms. The lowest BCUT2D eigenvalue weighted by atomic mass is 10.1. The van der Waals surface area contributed by atoms with Crippen molar-refractivity contribution in [1.29, 1.82) is 0 Å². The highest BCUT2D eigenvalue weighted by Crippen LogP contribution is 2.21. The smallest absolute Gasteiger partial charge is 0.254 e. The van der Waals surface area contributed by atoms with E-state index in [9.17, 15) is 4.79 Å². The highest BCUT2D eigenvalue weighted by Gasteiger charge is 2.22. The number of rotatable bonds is 3. The van der Waals surface area contributed by atoms with Crippen LogP contribution in [0.15, 0.2) is 29.0 Å². The molecular formula is C16H16N6OS. The van der Waals surface area contributed by atoms with E-state index in [1.165, 1.54) is 11.2 Å². The quantitative estimate of drug-likeness (QED) is 0.778. The van der Waals surface area contributed by atoms with Crippen molar-refractivity contribution in [1.82, 2.24) is 29.8 Å². The molecule has 7 nitrogen and oxygen atoms in total. The van der Waals surface area contributed by atoms with Crippen molar-refractivity contribution in [2.45, 2.75) is 26.4 Å². The van der Waals surface area contributed by atoms with Crippen LogP contribution in [0.4, 0.5) is 0 Å². The van der Waals surface area contributed by atoms with E-state index in [4.69, 9.17) is 0 Å². The maximum Gasteiger partial charge on any atom is 0.254 e. The summed E-state index contributed by atoms with van der Waals surface area (Å²) in [4.78, 5) is 35.7. The number of hydrogen-bond donors (Lipinski definition) is 1. The van der Waals surface area contributed by atoms with Gasteiger partial charge in [-0.1, -0.05) is 0 Å². The standard InChI is InChI=1S/C16H16N6OS/c1-10-14(24-9-19-10)7-22-3-2-12-13(6-22)20-15(21-16(12)23)11-4-17-8-18-5-11/h4-5,8-9H,2-3,6-7H2,1H3,(H,20,21,23). The third-order valence-corrected chi connectivity index (χ3v) is 5.12. The predicted molar refractivity (Wildman–Crippen MR) is 90.6 cm³/mol. The lowest BCUT2D eigenvalue weighted by molar-refractivity contribution is 0.242. The van der Waals surface area contributed by atoms with Crippen molar-refractivity contribution in [3.8, 4) is 11.4 Å². The molecule has 4 rings (SSSR count). The molecule has 0 spiro atoms. The van der Waals surface area contributed by atoms with Gasteiger partial charge in [-0.15, -0.1) is 11.3 Å². The van der Waals surface area contributed by atoms with Crippen molar-refractivity contribution < 1.29 is 0 Å². The highest BCUT2D eigenvalue weighted by atomic mass is 32.1. The number of thiazole rings is 1. The summed E-state index contributed by atoms with van der Waals surface area (Å²) in [5, 5.41) is 0. The minimum absolute atomic E-state index is 0.0625. The van der Waals surface area contributed by atoms with E-state index < -0.39 is 0 Å². The zero-order chi connectivity index (χ0) is 16.5. The second-order valence-corrected chi connectivity index (χ2v) is 6.73. The number of aryl methyl sites for hydroxylation is 1. The SMILES string of the molecule is Cc1ncsc1CN1CCc2c(nc(-c3cncnc3)[nH]c2=O)C1. The fraction of sp³-hybridized carbons (Fsp3) is 0.312. The van der Waals surface area contributed by atoms with Crippen molar-refractivity contribution in [2.24, 2.45) is 0 Å². The minimum Gasteiger partial charge on any atom is -0.306 e. The van der Waals surface area contributed by atoms with E-state index in [0.29, 0.717) is 24.4 Å². The van der Waals surface area contributed by atoms with Crippen LogP contribution >= 0.6 is 11.3 Å². The van der Waals surface area contributed by atoms with Crippen LogP contribution in [0.3, 0.4) is 0 Å². The van der Waals surface area contributed by atoms with Crippen LogP contribution < -0.4 is 5.56 Å². The topological polar surface area (TPSA) is 87.7 Å². The maximum absolute atomic E-state index is 12.4. The molecule has 0 aliphatic carbocycles. The second-order valence-electron chi connectivity index (χ2n) is 5.79. The lowest BCUT2D eigenvalue weighted by Gasteiger charge is -2.27. The molecule has 122 valence electrons. The number of aromatic amines is 1. The fourth-order valence-corrected chi connectivity index (χ4v) is 3.69. The molecule has 0 saturated heterocycles. The summed E-state index contributed by atoms with van der Waals surface area (Å²) >= 11 is 1.67. The molecule has 3 aromatic rings. The Hall–Kier alpha value is -2.45. The molecule has 0 amide bonds. The Morgan fingerprint density at radius 1 is 1.33 bits per heavy atom. The van der Waals surface area contributed by atoms with E-state index >= 15 is 0 Å². The zero-order valence-electron chi connectivity index (χ0n) is 13.2. The summed E-state index contributed by atoms with van der Waals surface area (Å²) in [5.74, 6) is 0.523. The largest absolute Gasteiger partial charge is 0.306 e. The fourth-order valence-electron chi connectivity index (χ4n) is 2.87. The summed E-state index contributed by atoms with van der Waals surface area (Å²) in [6.07, 6.45) is 5.47. The van der Waals surface area contributed by atoms with Gasteiger partial charge in [0.15, 0.2) is 0 Å². The summed E-state index contributed by atoms with van der Waals surface area (Å²) in [6, 6.07) is 0. The Labute approximate surface area is 142 Å². The Balaban J connectivity index is 1.64. The monoisotopic (exact) mass is 340 g/mol. The average Bonchev–Trinajstić information content (AvgIpc) is 3.00. The zero-order valence-corrected chi connectivity index (χ0v) is 14.0. The Bertz CT molecular complexity index is 920. The van der Waals surface area contributed by atoms with Crippen LogP contribution in [0, 0.1) is 6.92 Å². The second kappa shape index (κ2) is 6.21. The van der Waals surface area contributed by atoms with Gasteiger partial charge in [-0.25, -0.2) is 19.9 Å². The molecule has 1 aliphatic heterocycles. The molecule has 0 aromatic carbocycles. The number of hydrogen-bond acceptors (Lipinski definition) is 7. The molecule has 3 aromatic heterocycles. The number of fused-ring (bicyclic) bond motifs is 1. The van der Waals surface area contributed by atoms with Gasteiger partial charge < -0.3 is 4.98 Å². The van der Waals surface area contributed by atoms with Gasteiger partial charge in [0.2, 0.25) is 0 Å². The minimum atomic E-state index is -0.0625. The van der Waals surface area contributed by atoms with Crippen molar-refractivity contribution >= 4 is 11.3 Å². The number of nitrogens with one attached hydrogen (secondary N) is 1. The van der Waals surface area contributed by atoms with Crippen molar-refractivity contribution in [2.75, 3.05) is 6.54 Å². The first-order valence-electron chi connectivity index (χ1n) is 7.69. The molecule has 24 heavy (non-hydrogen) atoms. The lowest BCUT2D eigenvalue weighted by Crippen LogP contribution is -2.35. The van der Waals surface area contributed by atoms with Crippen LogP contribution in [-0.4, -0.2) is 36.4 Å². The van der Waals surface area contributed by atoms with Gasteiger partial charge in [0.1, 0.15) is 12.2 Å². The van der Waals surface area contributed by atoms with Crippen molar-refractivity contribution in [3.63, 3.8) is 0 Å². The van der Waals surface area contributed by atoms with E-state index in [0.717, 1.165) is 30.0 Å². The van der Waals surface area contributed by atoms with Crippen LogP contribution in [0.5, 0.6) is 0 Å². The molecule has 0 fully saturated rings. The molecule has 4 heterocycles. The average molecular weight is 340 g/mol. The van der Waals surface area contributed by atoms with Gasteiger partial charge in [-0.05, 0) is 13.3 Å². The van der Waals surface area contributed by atoms with Gasteiger partial charge in [0.25, 0.3) is 5.56 Å². The van der Waals surface area contributed by atoms with Gasteiger partial charge in [0, 0.05) is 42.5 Å². The van der Waals surface area contributed by atoms with E-state index in [-0.39, 0.29) is 5.56 Å². The summed E-state index contributed by atoms with van der Waals surface area (Å²) < 4.78 is 0.